The van der Waals surface area contributed by atoms with Crippen LogP contribution in [0.25, 0.3) is 0 Å². The molecule has 4 bridgehead atoms. The van der Waals surface area contributed by atoms with E-state index in [9.17, 15) is 10.4 Å². The fraction of sp³-hybridized carbons (Fsp3) is 0.926. The van der Waals surface area contributed by atoms with Gasteiger partial charge in [0.2, 0.25) is 0 Å². The van der Waals surface area contributed by atoms with Gasteiger partial charge in [-0.3, -0.25) is 9.80 Å². The summed E-state index contributed by atoms with van der Waals surface area (Å²) in [5.41, 5.74) is 2.22. The monoisotopic (exact) mass is 456 g/mol. The molecule has 33 heavy (non-hydrogen) atoms. The lowest BCUT2D eigenvalue weighted by Gasteiger charge is -2.40. The smallest absolute Gasteiger partial charge is 0.0775 e. The fourth-order valence-corrected chi connectivity index (χ4v) is 9.10. The van der Waals surface area contributed by atoms with Gasteiger partial charge in [0.15, 0.2) is 0 Å². The van der Waals surface area contributed by atoms with E-state index in [1.807, 2.05) is 0 Å². The van der Waals surface area contributed by atoms with Crippen LogP contribution in [0.3, 0.4) is 0 Å². The minimum atomic E-state index is 0.450. The van der Waals surface area contributed by atoms with Gasteiger partial charge in [0.05, 0.1) is 23.5 Å². The number of rotatable bonds is 6. The van der Waals surface area contributed by atoms with Crippen molar-refractivity contribution in [2.75, 3.05) is 26.2 Å². The van der Waals surface area contributed by atoms with Gasteiger partial charge in [0.25, 0.3) is 0 Å². The summed E-state index contributed by atoms with van der Waals surface area (Å²) in [5.74, 6) is 4.43. The molecule has 184 valence electrons. The molecule has 6 rings (SSSR count). The number of hydrogen-bond donors (Lipinski definition) is 2. The Kier molecular flexibility index (Phi) is 6.42. The molecule has 6 atom stereocenters. The molecule has 0 amide bonds. The third kappa shape index (κ3) is 4.13. The standard InChI is InChI=1S/C27H44N4O2/c32-28-24-20-4-6-22(16-20)26(24)30-12-8-18(9-13-30)2-1-3-19-10-14-31(15-11-19)27-23-7-5-21(17-23)25(27)29-33/h18-23,26-27,32-33H,1-17H2/b28-24-,29-25+/t20-,21-,22+,23+,26-,27+/m0/s1. The third-order valence-corrected chi connectivity index (χ3v) is 10.8. The molecule has 0 unspecified atom stereocenters. The van der Waals surface area contributed by atoms with Gasteiger partial charge in [-0.1, -0.05) is 29.6 Å². The van der Waals surface area contributed by atoms with Crippen LogP contribution in [-0.4, -0.2) is 69.9 Å². The number of piperidine rings is 2. The van der Waals surface area contributed by atoms with Gasteiger partial charge in [-0.05, 0) is 114 Å². The average Bonchev–Trinajstić information content (AvgIpc) is 3.65. The van der Waals surface area contributed by atoms with Crippen LogP contribution in [-0.2, 0) is 0 Å². The van der Waals surface area contributed by atoms with Crippen molar-refractivity contribution in [3.05, 3.63) is 0 Å². The first-order valence-electron chi connectivity index (χ1n) is 14.2. The highest BCUT2D eigenvalue weighted by Crippen LogP contribution is 2.47. The van der Waals surface area contributed by atoms with Crippen LogP contribution in [0, 0.1) is 35.5 Å². The van der Waals surface area contributed by atoms with Gasteiger partial charge in [0, 0.05) is 11.8 Å². The Morgan fingerprint density at radius 3 is 1.42 bits per heavy atom. The SMILES string of the molecule is O/N=C1/[C@H]2CC[C@H](C2)[C@@H]1N1CCC(CCCC2CCN([C@H]3/C(=N/O)[C@H]4CC[C@@H]3C4)CC2)CC1. The van der Waals surface area contributed by atoms with Gasteiger partial charge in [-0.15, -0.1) is 0 Å². The average molecular weight is 457 g/mol. The van der Waals surface area contributed by atoms with E-state index in [2.05, 4.69) is 20.1 Å². The molecular weight excluding hydrogens is 412 g/mol. The van der Waals surface area contributed by atoms with Crippen LogP contribution in [0.5, 0.6) is 0 Å². The molecule has 6 heteroatoms. The molecule has 2 N–H and O–H groups in total. The fourth-order valence-electron chi connectivity index (χ4n) is 9.10. The zero-order valence-corrected chi connectivity index (χ0v) is 20.3. The van der Waals surface area contributed by atoms with E-state index in [-0.39, 0.29) is 0 Å². The Balaban J connectivity index is 0.904. The van der Waals surface area contributed by atoms with Crippen LogP contribution >= 0.6 is 0 Å². The van der Waals surface area contributed by atoms with Crippen molar-refractivity contribution in [2.45, 2.75) is 95.6 Å². The van der Waals surface area contributed by atoms with Crippen LogP contribution in [0.1, 0.15) is 83.5 Å². The van der Waals surface area contributed by atoms with Crippen LogP contribution in [0.15, 0.2) is 10.3 Å². The Bertz CT molecular complexity index is 691. The van der Waals surface area contributed by atoms with E-state index in [4.69, 9.17) is 0 Å². The topological polar surface area (TPSA) is 71.7 Å². The molecule has 0 aromatic carbocycles. The molecular formula is C27H44N4O2. The van der Waals surface area contributed by atoms with Crippen molar-refractivity contribution in [1.29, 1.82) is 0 Å². The second-order valence-electron chi connectivity index (χ2n) is 12.4. The Morgan fingerprint density at radius 1 is 0.606 bits per heavy atom. The zero-order chi connectivity index (χ0) is 22.4. The number of fused-ring (bicyclic) bond motifs is 4. The maximum atomic E-state index is 9.55. The lowest BCUT2D eigenvalue weighted by molar-refractivity contribution is 0.119. The highest BCUT2D eigenvalue weighted by Gasteiger charge is 2.49. The lowest BCUT2D eigenvalue weighted by Crippen LogP contribution is -2.48. The Labute approximate surface area is 199 Å². The van der Waals surface area contributed by atoms with Gasteiger partial charge in [0.1, 0.15) is 0 Å². The number of nitrogens with zero attached hydrogens (tertiary/aromatic N) is 4. The van der Waals surface area contributed by atoms with Crippen molar-refractivity contribution < 1.29 is 10.4 Å². The van der Waals surface area contributed by atoms with Crippen molar-refractivity contribution in [2.24, 2.45) is 45.8 Å². The molecule has 0 aromatic heterocycles. The van der Waals surface area contributed by atoms with E-state index in [0.29, 0.717) is 23.9 Å². The summed E-state index contributed by atoms with van der Waals surface area (Å²) >= 11 is 0. The van der Waals surface area contributed by atoms with Gasteiger partial charge >= 0.3 is 0 Å². The second-order valence-corrected chi connectivity index (χ2v) is 12.4. The molecule has 0 aromatic rings. The number of hydrogen-bond acceptors (Lipinski definition) is 6. The minimum Gasteiger partial charge on any atom is -0.411 e. The molecule has 6 fully saturated rings. The molecule has 4 saturated carbocycles. The van der Waals surface area contributed by atoms with E-state index >= 15 is 0 Å². The maximum Gasteiger partial charge on any atom is 0.0775 e. The first-order valence-corrected chi connectivity index (χ1v) is 14.2. The molecule has 0 radical (unpaired) electrons. The molecule has 2 aliphatic heterocycles. The first-order chi connectivity index (χ1) is 16.2. The van der Waals surface area contributed by atoms with Crippen molar-refractivity contribution in [1.82, 2.24) is 9.80 Å². The summed E-state index contributed by atoms with van der Waals surface area (Å²) in [7, 11) is 0. The third-order valence-electron chi connectivity index (χ3n) is 10.8. The Morgan fingerprint density at radius 2 is 1.03 bits per heavy atom. The minimum absolute atomic E-state index is 0.450. The maximum absolute atomic E-state index is 9.55. The predicted octanol–water partition coefficient (Wildman–Crippen LogP) is 4.84. The van der Waals surface area contributed by atoms with Gasteiger partial charge < -0.3 is 10.4 Å². The molecule has 2 saturated heterocycles. The lowest BCUT2D eigenvalue weighted by atomic mass is 9.84. The second kappa shape index (κ2) is 9.49. The summed E-state index contributed by atoms with van der Waals surface area (Å²) in [6.45, 7) is 4.81. The highest BCUT2D eigenvalue weighted by molar-refractivity contribution is 5.95. The predicted molar refractivity (Wildman–Crippen MR) is 130 cm³/mol. The Hall–Kier alpha value is -1.14. The number of likely N-dealkylation sites (tertiary alicyclic amines) is 2. The molecule has 4 aliphatic carbocycles. The van der Waals surface area contributed by atoms with Crippen molar-refractivity contribution in [3.63, 3.8) is 0 Å². The molecule has 6 nitrogen and oxygen atoms in total. The van der Waals surface area contributed by atoms with E-state index in [1.54, 1.807) is 0 Å². The van der Waals surface area contributed by atoms with E-state index in [0.717, 1.165) is 35.1 Å². The van der Waals surface area contributed by atoms with E-state index in [1.165, 1.54) is 110 Å². The summed E-state index contributed by atoms with van der Waals surface area (Å²) in [6.07, 6.45) is 17.2. The normalized spacial score (nSPS) is 42.9. The molecule has 0 spiro atoms. The molecule has 2 heterocycles. The van der Waals surface area contributed by atoms with Crippen molar-refractivity contribution >= 4 is 11.4 Å². The zero-order valence-electron chi connectivity index (χ0n) is 20.3. The van der Waals surface area contributed by atoms with Crippen molar-refractivity contribution in [3.8, 4) is 0 Å². The summed E-state index contributed by atoms with van der Waals surface area (Å²) in [4.78, 5) is 5.31. The molecule has 6 aliphatic rings. The highest BCUT2D eigenvalue weighted by atomic mass is 16.4. The van der Waals surface area contributed by atoms with Crippen LogP contribution in [0.4, 0.5) is 0 Å². The van der Waals surface area contributed by atoms with Gasteiger partial charge in [-0.25, -0.2) is 0 Å². The summed E-state index contributed by atoms with van der Waals surface area (Å²) in [5, 5.41) is 26.6. The van der Waals surface area contributed by atoms with E-state index < -0.39 is 0 Å². The summed E-state index contributed by atoms with van der Waals surface area (Å²) in [6, 6.07) is 0.901. The van der Waals surface area contributed by atoms with Crippen LogP contribution in [0.2, 0.25) is 0 Å². The number of oxime groups is 2. The largest absolute Gasteiger partial charge is 0.411 e. The first kappa shape index (κ1) is 22.3. The summed E-state index contributed by atoms with van der Waals surface area (Å²) < 4.78 is 0. The van der Waals surface area contributed by atoms with Crippen LogP contribution < -0.4 is 0 Å². The van der Waals surface area contributed by atoms with Gasteiger partial charge in [-0.2, -0.15) is 0 Å². The quantitative estimate of drug-likeness (QED) is 0.443.